The largest absolute Gasteiger partial charge is 0.306 e. The standard InChI is InChI=1S/C16H17ClFN/c1-11-9-16(18)8-5-14(11)10-19-12(2)13-3-6-15(17)7-4-13/h3-9,12,19H,10H2,1-2H3/t12-/m1/s1. The van der Waals surface area contributed by atoms with E-state index in [0.717, 1.165) is 22.7 Å². The lowest BCUT2D eigenvalue weighted by Crippen LogP contribution is -2.18. The maximum absolute atomic E-state index is 13.0. The van der Waals surface area contributed by atoms with Crippen molar-refractivity contribution in [2.75, 3.05) is 0 Å². The van der Waals surface area contributed by atoms with E-state index in [4.69, 9.17) is 11.6 Å². The molecular weight excluding hydrogens is 261 g/mol. The summed E-state index contributed by atoms with van der Waals surface area (Å²) < 4.78 is 13.0. The highest BCUT2D eigenvalue weighted by atomic mass is 35.5. The third kappa shape index (κ3) is 3.79. The van der Waals surface area contributed by atoms with Crippen molar-refractivity contribution in [2.45, 2.75) is 26.4 Å². The van der Waals surface area contributed by atoms with Gasteiger partial charge in [0, 0.05) is 17.6 Å². The maximum atomic E-state index is 13.0. The first kappa shape index (κ1) is 14.0. The third-order valence-electron chi connectivity index (χ3n) is 3.27. The molecule has 19 heavy (non-hydrogen) atoms. The van der Waals surface area contributed by atoms with Gasteiger partial charge in [-0.2, -0.15) is 0 Å². The summed E-state index contributed by atoms with van der Waals surface area (Å²) in [6.07, 6.45) is 0. The molecular formula is C16H17ClFN. The molecule has 0 aliphatic rings. The van der Waals surface area contributed by atoms with Crippen molar-refractivity contribution in [3.8, 4) is 0 Å². The summed E-state index contributed by atoms with van der Waals surface area (Å²) in [4.78, 5) is 0. The molecule has 0 saturated heterocycles. The maximum Gasteiger partial charge on any atom is 0.123 e. The lowest BCUT2D eigenvalue weighted by molar-refractivity contribution is 0.571. The SMILES string of the molecule is Cc1cc(F)ccc1CN[C@H](C)c1ccc(Cl)cc1. The Morgan fingerprint density at radius 1 is 1.16 bits per heavy atom. The van der Waals surface area contributed by atoms with Crippen molar-refractivity contribution in [1.82, 2.24) is 5.32 Å². The van der Waals surface area contributed by atoms with Gasteiger partial charge in [0.25, 0.3) is 0 Å². The molecule has 0 bridgehead atoms. The van der Waals surface area contributed by atoms with E-state index in [1.807, 2.05) is 37.3 Å². The van der Waals surface area contributed by atoms with Gasteiger partial charge in [-0.1, -0.05) is 29.8 Å². The van der Waals surface area contributed by atoms with Crippen LogP contribution in [-0.4, -0.2) is 0 Å². The molecule has 2 aromatic rings. The second-order valence-corrected chi connectivity index (χ2v) is 5.16. The number of benzene rings is 2. The first-order valence-electron chi connectivity index (χ1n) is 6.30. The number of nitrogens with one attached hydrogen (secondary N) is 1. The number of rotatable bonds is 4. The van der Waals surface area contributed by atoms with E-state index in [1.165, 1.54) is 11.6 Å². The molecule has 2 rings (SSSR count). The second-order valence-electron chi connectivity index (χ2n) is 4.72. The third-order valence-corrected chi connectivity index (χ3v) is 3.53. The van der Waals surface area contributed by atoms with Gasteiger partial charge >= 0.3 is 0 Å². The summed E-state index contributed by atoms with van der Waals surface area (Å²) in [5.74, 6) is -0.188. The van der Waals surface area contributed by atoms with Crippen molar-refractivity contribution in [3.05, 3.63) is 70.0 Å². The van der Waals surface area contributed by atoms with Gasteiger partial charge < -0.3 is 5.32 Å². The molecule has 0 aliphatic heterocycles. The van der Waals surface area contributed by atoms with Crippen molar-refractivity contribution < 1.29 is 4.39 Å². The van der Waals surface area contributed by atoms with Crippen molar-refractivity contribution >= 4 is 11.6 Å². The van der Waals surface area contributed by atoms with E-state index >= 15 is 0 Å². The van der Waals surface area contributed by atoms with Gasteiger partial charge in [-0.15, -0.1) is 0 Å². The van der Waals surface area contributed by atoms with Gasteiger partial charge in [-0.3, -0.25) is 0 Å². The Morgan fingerprint density at radius 3 is 2.47 bits per heavy atom. The van der Waals surface area contributed by atoms with Crippen molar-refractivity contribution in [3.63, 3.8) is 0 Å². The summed E-state index contributed by atoms with van der Waals surface area (Å²) in [6, 6.07) is 12.9. The van der Waals surface area contributed by atoms with E-state index < -0.39 is 0 Å². The van der Waals surface area contributed by atoms with Crippen LogP contribution in [0, 0.1) is 12.7 Å². The number of hydrogen-bond acceptors (Lipinski definition) is 1. The molecule has 0 saturated carbocycles. The first-order valence-corrected chi connectivity index (χ1v) is 6.68. The van der Waals surface area contributed by atoms with Gasteiger partial charge in [0.05, 0.1) is 0 Å². The number of hydrogen-bond donors (Lipinski definition) is 1. The van der Waals surface area contributed by atoms with Crippen molar-refractivity contribution in [2.24, 2.45) is 0 Å². The minimum atomic E-state index is -0.188. The summed E-state index contributed by atoms with van der Waals surface area (Å²) in [7, 11) is 0. The molecule has 100 valence electrons. The Bertz CT molecular complexity index is 551. The molecule has 0 fully saturated rings. The van der Waals surface area contributed by atoms with Crippen molar-refractivity contribution in [1.29, 1.82) is 0 Å². The van der Waals surface area contributed by atoms with Crippen LogP contribution in [0.25, 0.3) is 0 Å². The summed E-state index contributed by atoms with van der Waals surface area (Å²) in [5, 5.41) is 4.17. The highest BCUT2D eigenvalue weighted by Crippen LogP contribution is 2.17. The Kier molecular flexibility index (Phi) is 4.56. The monoisotopic (exact) mass is 277 g/mol. The Hall–Kier alpha value is -1.38. The lowest BCUT2D eigenvalue weighted by atomic mass is 10.1. The topological polar surface area (TPSA) is 12.0 Å². The van der Waals surface area contributed by atoms with Gasteiger partial charge in [-0.05, 0) is 54.8 Å². The molecule has 0 heterocycles. The quantitative estimate of drug-likeness (QED) is 0.858. The smallest absolute Gasteiger partial charge is 0.123 e. The minimum Gasteiger partial charge on any atom is -0.306 e. The van der Waals surface area contributed by atoms with Crippen LogP contribution in [-0.2, 0) is 6.54 Å². The molecule has 0 aromatic heterocycles. The number of aryl methyl sites for hydroxylation is 1. The molecule has 1 atom stereocenters. The van der Waals surface area contributed by atoms with Crippen LogP contribution in [0.15, 0.2) is 42.5 Å². The molecule has 0 spiro atoms. The van der Waals surface area contributed by atoms with Gasteiger partial charge in [0.15, 0.2) is 0 Å². The molecule has 0 amide bonds. The van der Waals surface area contributed by atoms with Crippen LogP contribution in [0.3, 0.4) is 0 Å². The zero-order valence-corrected chi connectivity index (χ0v) is 11.8. The molecule has 0 aliphatic carbocycles. The average molecular weight is 278 g/mol. The zero-order chi connectivity index (χ0) is 13.8. The first-order chi connectivity index (χ1) is 9.06. The average Bonchev–Trinajstić information content (AvgIpc) is 2.38. The van der Waals surface area contributed by atoms with Gasteiger partial charge in [-0.25, -0.2) is 4.39 Å². The number of halogens is 2. The predicted molar refractivity (Wildman–Crippen MR) is 77.8 cm³/mol. The second kappa shape index (κ2) is 6.18. The normalized spacial score (nSPS) is 12.4. The minimum absolute atomic E-state index is 0.188. The molecule has 0 radical (unpaired) electrons. The van der Waals surface area contributed by atoms with Crippen LogP contribution < -0.4 is 5.32 Å². The van der Waals surface area contributed by atoms with Crippen LogP contribution in [0.1, 0.15) is 29.7 Å². The lowest BCUT2D eigenvalue weighted by Gasteiger charge is -2.15. The Labute approximate surface area is 118 Å². The van der Waals surface area contributed by atoms with Crippen LogP contribution >= 0.6 is 11.6 Å². The highest BCUT2D eigenvalue weighted by molar-refractivity contribution is 6.30. The van der Waals surface area contributed by atoms with E-state index in [9.17, 15) is 4.39 Å². The fourth-order valence-corrected chi connectivity index (χ4v) is 2.12. The molecule has 2 aromatic carbocycles. The molecule has 1 nitrogen and oxygen atoms in total. The van der Waals surface area contributed by atoms with Crippen LogP contribution in [0.2, 0.25) is 5.02 Å². The fraction of sp³-hybridized carbons (Fsp3) is 0.250. The van der Waals surface area contributed by atoms with E-state index in [1.54, 1.807) is 6.07 Å². The molecule has 1 N–H and O–H groups in total. The van der Waals surface area contributed by atoms with E-state index in [0.29, 0.717) is 0 Å². The van der Waals surface area contributed by atoms with E-state index in [-0.39, 0.29) is 11.9 Å². The highest BCUT2D eigenvalue weighted by Gasteiger charge is 2.06. The predicted octanol–water partition coefficient (Wildman–Crippen LogP) is 4.64. The summed E-state index contributed by atoms with van der Waals surface area (Å²) in [5.41, 5.74) is 3.27. The Balaban J connectivity index is 2.00. The van der Waals surface area contributed by atoms with Gasteiger partial charge in [0.2, 0.25) is 0 Å². The van der Waals surface area contributed by atoms with Crippen LogP contribution in [0.4, 0.5) is 4.39 Å². The molecule has 3 heteroatoms. The fourth-order valence-electron chi connectivity index (χ4n) is 1.99. The van der Waals surface area contributed by atoms with Gasteiger partial charge in [0.1, 0.15) is 5.82 Å². The Morgan fingerprint density at radius 2 is 1.84 bits per heavy atom. The summed E-state index contributed by atoms with van der Waals surface area (Å²) in [6.45, 7) is 4.74. The zero-order valence-electron chi connectivity index (χ0n) is 11.1. The van der Waals surface area contributed by atoms with E-state index in [2.05, 4.69) is 12.2 Å². The summed E-state index contributed by atoms with van der Waals surface area (Å²) >= 11 is 5.87. The molecule has 0 unspecified atom stereocenters. The van der Waals surface area contributed by atoms with Crippen LogP contribution in [0.5, 0.6) is 0 Å².